The van der Waals surface area contributed by atoms with Gasteiger partial charge in [-0.3, -0.25) is 4.79 Å². The van der Waals surface area contributed by atoms with Crippen molar-refractivity contribution in [2.24, 2.45) is 0 Å². The van der Waals surface area contributed by atoms with Crippen LogP contribution in [-0.4, -0.2) is 23.3 Å². The Morgan fingerprint density at radius 2 is 1.72 bits per heavy atom. The summed E-state index contributed by atoms with van der Waals surface area (Å²) < 4.78 is 25.4. The number of nitrogens with one attached hydrogen (secondary N) is 1. The highest BCUT2D eigenvalue weighted by Gasteiger charge is 2.30. The first-order valence-electron chi connectivity index (χ1n) is 11.4. The fourth-order valence-corrected chi connectivity index (χ4v) is 4.29. The summed E-state index contributed by atoms with van der Waals surface area (Å²) in [4.78, 5) is 12.9. The van der Waals surface area contributed by atoms with Crippen LogP contribution in [0.4, 0.5) is 4.39 Å². The largest absolute Gasteiger partial charge is 0.459 e. The molecule has 5 nitrogen and oxygen atoms in total. The lowest BCUT2D eigenvalue weighted by Gasteiger charge is -2.30. The second-order valence-corrected chi connectivity index (χ2v) is 8.57. The van der Waals surface area contributed by atoms with Gasteiger partial charge < -0.3 is 19.9 Å². The topological polar surface area (TPSA) is 67.8 Å². The minimum absolute atomic E-state index is 0.00349. The van der Waals surface area contributed by atoms with E-state index in [-0.39, 0.29) is 36.1 Å². The number of hydrogen-bond acceptors (Lipinski definition) is 4. The number of hydrogen-bond donors (Lipinski definition) is 2. The molecule has 0 bridgehead atoms. The van der Waals surface area contributed by atoms with E-state index in [1.807, 2.05) is 30.3 Å². The van der Waals surface area contributed by atoms with Gasteiger partial charge in [-0.25, -0.2) is 4.39 Å². The standard InChI is InChI=1S/C26H30FNO4/c27-22-12-10-20(11-13-22)21-14-24(26(30)28-23-4-2-1-3-5-23)32-25(15-21)31-17-19-8-6-18(16-29)7-9-19/h6-14,21,23,25,29H,1-5,15-17H2,(H,28,30)/t21-,25+/m0/s1. The Hall–Kier alpha value is -2.70. The molecule has 1 aliphatic heterocycles. The van der Waals surface area contributed by atoms with Crippen LogP contribution in [0.15, 0.2) is 60.4 Å². The van der Waals surface area contributed by atoms with Crippen LogP contribution in [0, 0.1) is 5.82 Å². The molecule has 0 unspecified atom stereocenters. The van der Waals surface area contributed by atoms with Gasteiger partial charge in [0.1, 0.15) is 5.82 Å². The van der Waals surface area contributed by atoms with E-state index in [9.17, 15) is 14.3 Å². The van der Waals surface area contributed by atoms with E-state index in [0.717, 1.165) is 42.4 Å². The zero-order chi connectivity index (χ0) is 22.3. The normalized spacial score (nSPS) is 21.5. The highest BCUT2D eigenvalue weighted by molar-refractivity contribution is 5.92. The van der Waals surface area contributed by atoms with Gasteiger partial charge in [0.25, 0.3) is 5.91 Å². The number of halogens is 1. The number of amides is 1. The first-order valence-corrected chi connectivity index (χ1v) is 11.4. The molecule has 0 radical (unpaired) electrons. The molecule has 2 aliphatic rings. The maximum atomic E-state index is 13.4. The van der Waals surface area contributed by atoms with Gasteiger partial charge in [0.05, 0.1) is 13.2 Å². The predicted octanol–water partition coefficient (Wildman–Crippen LogP) is 4.70. The average Bonchev–Trinajstić information content (AvgIpc) is 2.84. The zero-order valence-corrected chi connectivity index (χ0v) is 18.1. The number of allylic oxidation sites excluding steroid dienone is 1. The first kappa shape index (κ1) is 22.5. The lowest BCUT2D eigenvalue weighted by molar-refractivity contribution is -0.150. The van der Waals surface area contributed by atoms with Gasteiger partial charge in [0.2, 0.25) is 6.29 Å². The van der Waals surface area contributed by atoms with Gasteiger partial charge in [-0.05, 0) is 47.7 Å². The van der Waals surface area contributed by atoms with Gasteiger partial charge in [-0.15, -0.1) is 0 Å². The van der Waals surface area contributed by atoms with Gasteiger partial charge in [0.15, 0.2) is 5.76 Å². The van der Waals surface area contributed by atoms with Crippen LogP contribution in [0.2, 0.25) is 0 Å². The molecule has 1 fully saturated rings. The number of carbonyl (C=O) groups excluding carboxylic acids is 1. The van der Waals surface area contributed by atoms with Crippen molar-refractivity contribution in [1.82, 2.24) is 5.32 Å². The van der Waals surface area contributed by atoms with Crippen LogP contribution in [0.25, 0.3) is 0 Å². The van der Waals surface area contributed by atoms with Crippen LogP contribution < -0.4 is 5.32 Å². The molecule has 0 aromatic heterocycles. The summed E-state index contributed by atoms with van der Waals surface area (Å²) in [6, 6.07) is 14.0. The Kier molecular flexibility index (Phi) is 7.55. The second-order valence-electron chi connectivity index (χ2n) is 8.57. The van der Waals surface area contributed by atoms with E-state index in [2.05, 4.69) is 5.32 Å². The highest BCUT2D eigenvalue weighted by Crippen LogP contribution is 2.32. The third-order valence-corrected chi connectivity index (χ3v) is 6.16. The van der Waals surface area contributed by atoms with Crippen LogP contribution >= 0.6 is 0 Å². The third-order valence-electron chi connectivity index (χ3n) is 6.16. The summed E-state index contributed by atoms with van der Waals surface area (Å²) >= 11 is 0. The Morgan fingerprint density at radius 1 is 1.03 bits per heavy atom. The van der Waals surface area contributed by atoms with E-state index in [4.69, 9.17) is 9.47 Å². The molecule has 0 spiro atoms. The number of benzene rings is 2. The summed E-state index contributed by atoms with van der Waals surface area (Å²) in [6.07, 6.45) is 7.21. The van der Waals surface area contributed by atoms with Crippen molar-refractivity contribution in [2.45, 2.75) is 70.0 Å². The van der Waals surface area contributed by atoms with Crippen LogP contribution in [0.1, 0.15) is 61.1 Å². The van der Waals surface area contributed by atoms with Gasteiger partial charge >= 0.3 is 0 Å². The zero-order valence-electron chi connectivity index (χ0n) is 18.1. The molecular formula is C26H30FNO4. The second kappa shape index (κ2) is 10.7. The van der Waals surface area contributed by atoms with E-state index in [1.165, 1.54) is 18.6 Å². The van der Waals surface area contributed by atoms with Crippen molar-refractivity contribution in [3.8, 4) is 0 Å². The molecule has 1 saturated carbocycles. The number of aliphatic hydroxyl groups is 1. The fourth-order valence-electron chi connectivity index (χ4n) is 4.29. The SMILES string of the molecule is O=C(NC1CCCCC1)C1=C[C@H](c2ccc(F)cc2)C[C@H](OCc2ccc(CO)cc2)O1. The summed E-state index contributed by atoms with van der Waals surface area (Å²) in [5, 5.41) is 12.3. The summed E-state index contributed by atoms with van der Waals surface area (Å²) in [7, 11) is 0. The Bertz CT molecular complexity index is 920. The molecule has 1 heterocycles. The van der Waals surface area contributed by atoms with Gasteiger partial charge in [-0.2, -0.15) is 0 Å². The van der Waals surface area contributed by atoms with Crippen molar-refractivity contribution in [2.75, 3.05) is 0 Å². The predicted molar refractivity (Wildman–Crippen MR) is 119 cm³/mol. The van der Waals surface area contributed by atoms with Crippen LogP contribution in [0.5, 0.6) is 0 Å². The third kappa shape index (κ3) is 5.96. The Morgan fingerprint density at radius 3 is 2.41 bits per heavy atom. The number of rotatable bonds is 7. The quantitative estimate of drug-likeness (QED) is 0.656. The van der Waals surface area contributed by atoms with Crippen molar-refractivity contribution in [3.63, 3.8) is 0 Å². The molecule has 2 aromatic rings. The molecule has 170 valence electrons. The maximum absolute atomic E-state index is 13.4. The highest BCUT2D eigenvalue weighted by atomic mass is 19.1. The molecule has 1 amide bonds. The van der Waals surface area contributed by atoms with Gasteiger partial charge in [-0.1, -0.05) is 55.7 Å². The summed E-state index contributed by atoms with van der Waals surface area (Å²) in [6.45, 7) is 0.320. The van der Waals surface area contributed by atoms with Crippen LogP contribution in [-0.2, 0) is 27.5 Å². The smallest absolute Gasteiger partial charge is 0.286 e. The van der Waals surface area contributed by atoms with E-state index < -0.39 is 6.29 Å². The lowest BCUT2D eigenvalue weighted by atomic mass is 9.92. The average molecular weight is 440 g/mol. The Balaban J connectivity index is 1.46. The number of ether oxygens (including phenoxy) is 2. The fraction of sp³-hybridized carbons (Fsp3) is 0.423. The van der Waals surface area contributed by atoms with E-state index in [0.29, 0.717) is 13.0 Å². The minimum Gasteiger partial charge on any atom is -0.459 e. The summed E-state index contributed by atoms with van der Waals surface area (Å²) in [5.74, 6) is -0.362. The first-order chi connectivity index (χ1) is 15.6. The molecular weight excluding hydrogens is 409 g/mol. The molecule has 6 heteroatoms. The van der Waals surface area contributed by atoms with Crippen molar-refractivity contribution in [3.05, 3.63) is 82.9 Å². The molecule has 2 atom stereocenters. The van der Waals surface area contributed by atoms with E-state index >= 15 is 0 Å². The molecule has 32 heavy (non-hydrogen) atoms. The maximum Gasteiger partial charge on any atom is 0.286 e. The molecule has 2 aromatic carbocycles. The monoisotopic (exact) mass is 439 g/mol. The molecule has 4 rings (SSSR count). The van der Waals surface area contributed by atoms with Crippen molar-refractivity contribution >= 4 is 5.91 Å². The number of carbonyl (C=O) groups is 1. The van der Waals surface area contributed by atoms with E-state index in [1.54, 1.807) is 12.1 Å². The van der Waals surface area contributed by atoms with Crippen molar-refractivity contribution in [1.29, 1.82) is 0 Å². The van der Waals surface area contributed by atoms with Crippen molar-refractivity contribution < 1.29 is 23.8 Å². The van der Waals surface area contributed by atoms with Gasteiger partial charge in [0, 0.05) is 18.4 Å². The lowest BCUT2D eigenvalue weighted by Crippen LogP contribution is -2.39. The van der Waals surface area contributed by atoms with Crippen LogP contribution in [0.3, 0.4) is 0 Å². The molecule has 2 N–H and O–H groups in total. The molecule has 1 aliphatic carbocycles. The molecule has 0 saturated heterocycles. The Labute approximate surface area is 188 Å². The minimum atomic E-state index is -0.598. The summed E-state index contributed by atoms with van der Waals surface area (Å²) in [5.41, 5.74) is 2.70. The number of aliphatic hydroxyl groups excluding tert-OH is 1.